The Kier molecular flexibility index (Phi) is 4.41. The second kappa shape index (κ2) is 8.24. The molecule has 8 aromatic rings. The highest BCUT2D eigenvalue weighted by atomic mass is 14.8. The molecule has 2 nitrogen and oxygen atoms in total. The van der Waals surface area contributed by atoms with Crippen molar-refractivity contribution in [3.8, 4) is 33.5 Å². The van der Waals surface area contributed by atoms with E-state index in [1.54, 1.807) is 0 Å². The number of fused-ring (bicyclic) bond motifs is 15. The van der Waals surface area contributed by atoms with Gasteiger partial charge in [0.1, 0.15) is 0 Å². The van der Waals surface area contributed by atoms with Crippen molar-refractivity contribution >= 4 is 32.6 Å². The fourth-order valence-corrected chi connectivity index (χ4v) is 8.05. The summed E-state index contributed by atoms with van der Waals surface area (Å²) in [6.45, 7) is 0. The first-order valence-corrected chi connectivity index (χ1v) is 14.8. The molecule has 0 atom stereocenters. The summed E-state index contributed by atoms with van der Waals surface area (Å²) in [4.78, 5) is 10.1. The van der Waals surface area contributed by atoms with Crippen molar-refractivity contribution in [1.29, 1.82) is 0 Å². The molecule has 2 heteroatoms. The summed E-state index contributed by atoms with van der Waals surface area (Å²) in [7, 11) is 0. The fourth-order valence-electron chi connectivity index (χ4n) is 8.05. The number of hydrogen-bond acceptors (Lipinski definition) is 2. The minimum absolute atomic E-state index is 0.417. The molecule has 0 saturated heterocycles. The van der Waals surface area contributed by atoms with Crippen molar-refractivity contribution in [2.75, 3.05) is 0 Å². The summed E-state index contributed by atoms with van der Waals surface area (Å²) in [5.74, 6) is 0. The van der Waals surface area contributed by atoms with Gasteiger partial charge in [-0.2, -0.15) is 0 Å². The molecule has 198 valence electrons. The summed E-state index contributed by atoms with van der Waals surface area (Å²) < 4.78 is 0. The summed E-state index contributed by atoms with van der Waals surface area (Å²) in [6.07, 6.45) is 1.86. The van der Waals surface area contributed by atoms with E-state index in [4.69, 9.17) is 9.97 Å². The molecule has 0 saturated carbocycles. The van der Waals surface area contributed by atoms with Crippen molar-refractivity contribution in [2.24, 2.45) is 0 Å². The number of hydrogen-bond donors (Lipinski definition) is 0. The van der Waals surface area contributed by atoms with Crippen LogP contribution in [0, 0.1) is 0 Å². The van der Waals surface area contributed by atoms with Gasteiger partial charge < -0.3 is 0 Å². The molecular formula is C41H24N2. The van der Waals surface area contributed by atoms with Gasteiger partial charge >= 0.3 is 0 Å². The Morgan fingerprint density at radius 2 is 1.02 bits per heavy atom. The molecular weight excluding hydrogens is 520 g/mol. The molecule has 0 unspecified atom stereocenters. The zero-order valence-corrected chi connectivity index (χ0v) is 23.3. The van der Waals surface area contributed by atoms with Gasteiger partial charge in [-0.05, 0) is 73.5 Å². The molecule has 0 amide bonds. The van der Waals surface area contributed by atoms with Crippen LogP contribution in [0.2, 0.25) is 0 Å². The second-order valence-electron chi connectivity index (χ2n) is 11.7. The Bertz CT molecular complexity index is 2430. The van der Waals surface area contributed by atoms with Crippen LogP contribution in [0.3, 0.4) is 0 Å². The Morgan fingerprint density at radius 3 is 1.79 bits per heavy atom. The van der Waals surface area contributed by atoms with Crippen LogP contribution in [0.25, 0.3) is 66.1 Å². The Hall–Kier alpha value is -5.60. The molecule has 0 N–H and O–H groups in total. The van der Waals surface area contributed by atoms with Crippen molar-refractivity contribution in [2.45, 2.75) is 5.41 Å². The number of aromatic nitrogens is 2. The van der Waals surface area contributed by atoms with Gasteiger partial charge in [0, 0.05) is 22.5 Å². The van der Waals surface area contributed by atoms with E-state index in [0.29, 0.717) is 0 Å². The van der Waals surface area contributed by atoms with Crippen LogP contribution in [0.15, 0.2) is 146 Å². The van der Waals surface area contributed by atoms with E-state index in [-0.39, 0.29) is 0 Å². The smallest absolute Gasteiger partial charge is 0.0972 e. The van der Waals surface area contributed by atoms with Gasteiger partial charge in [0.15, 0.2) is 0 Å². The van der Waals surface area contributed by atoms with Crippen LogP contribution in [0.1, 0.15) is 22.3 Å². The summed E-state index contributed by atoms with van der Waals surface area (Å²) in [5, 5.41) is 4.72. The minimum atomic E-state index is -0.417. The van der Waals surface area contributed by atoms with E-state index in [9.17, 15) is 0 Å². The molecule has 43 heavy (non-hydrogen) atoms. The minimum Gasteiger partial charge on any atom is -0.254 e. The van der Waals surface area contributed by atoms with E-state index in [1.807, 2.05) is 12.3 Å². The highest BCUT2D eigenvalue weighted by Crippen LogP contribution is 2.65. The third kappa shape index (κ3) is 2.83. The van der Waals surface area contributed by atoms with Gasteiger partial charge in [-0.25, -0.2) is 4.98 Å². The molecule has 2 heterocycles. The fraction of sp³-hybridized carbons (Fsp3) is 0.0244. The zero-order chi connectivity index (χ0) is 28.1. The predicted molar refractivity (Wildman–Crippen MR) is 176 cm³/mol. The average Bonchev–Trinajstić information content (AvgIpc) is 3.56. The topological polar surface area (TPSA) is 25.8 Å². The molecule has 0 radical (unpaired) electrons. The monoisotopic (exact) mass is 544 g/mol. The summed E-state index contributed by atoms with van der Waals surface area (Å²) in [5.41, 5.74) is 14.2. The van der Waals surface area contributed by atoms with E-state index in [1.165, 1.54) is 55.3 Å². The van der Waals surface area contributed by atoms with Crippen LogP contribution >= 0.6 is 0 Å². The van der Waals surface area contributed by atoms with Crippen molar-refractivity contribution in [3.05, 3.63) is 168 Å². The van der Waals surface area contributed by atoms with Crippen LogP contribution in [-0.4, -0.2) is 9.97 Å². The predicted octanol–water partition coefficient (Wildman–Crippen LogP) is 9.95. The lowest BCUT2D eigenvalue weighted by Crippen LogP contribution is -2.26. The van der Waals surface area contributed by atoms with Crippen LogP contribution < -0.4 is 0 Å². The molecule has 10 rings (SSSR count). The lowest BCUT2D eigenvalue weighted by Gasteiger charge is -2.31. The maximum absolute atomic E-state index is 5.37. The van der Waals surface area contributed by atoms with Crippen molar-refractivity contribution in [3.63, 3.8) is 0 Å². The lowest BCUT2D eigenvalue weighted by atomic mass is 9.69. The standard InChI is InChI=1S/C41H24N2/c1-2-12-28-27(10-1)24-32(36-22-21-26-20-19-25-11-9-23-42-39(25)40(26)43-36)37-31-15-5-8-18-35(31)41(38(28)37)33-16-6-3-13-29(33)30-14-4-7-17-34(30)41/h1-24H. The first-order valence-electron chi connectivity index (χ1n) is 14.8. The van der Waals surface area contributed by atoms with E-state index in [0.717, 1.165) is 33.1 Å². The molecule has 0 bridgehead atoms. The molecule has 0 aliphatic heterocycles. The van der Waals surface area contributed by atoms with Crippen molar-refractivity contribution in [1.82, 2.24) is 9.97 Å². The highest BCUT2D eigenvalue weighted by molar-refractivity contribution is 6.09. The molecule has 0 fully saturated rings. The number of rotatable bonds is 1. The van der Waals surface area contributed by atoms with Gasteiger partial charge in [0.2, 0.25) is 0 Å². The number of benzene rings is 6. The van der Waals surface area contributed by atoms with Gasteiger partial charge in [-0.1, -0.05) is 121 Å². The van der Waals surface area contributed by atoms with Gasteiger partial charge in [0.25, 0.3) is 0 Å². The zero-order valence-electron chi connectivity index (χ0n) is 23.3. The third-order valence-electron chi connectivity index (χ3n) is 9.69. The quantitative estimate of drug-likeness (QED) is 0.192. The maximum atomic E-state index is 5.37. The summed E-state index contributed by atoms with van der Waals surface area (Å²) >= 11 is 0. The van der Waals surface area contributed by atoms with Crippen LogP contribution in [-0.2, 0) is 5.41 Å². The Morgan fingerprint density at radius 1 is 0.442 bits per heavy atom. The first kappa shape index (κ1) is 23.0. The maximum Gasteiger partial charge on any atom is 0.0972 e. The van der Waals surface area contributed by atoms with Gasteiger partial charge in [-0.3, -0.25) is 4.98 Å². The van der Waals surface area contributed by atoms with E-state index in [2.05, 4.69) is 133 Å². The molecule has 2 aliphatic rings. The molecule has 2 aromatic heterocycles. The number of pyridine rings is 2. The Balaban J connectivity index is 1.40. The average molecular weight is 545 g/mol. The lowest BCUT2D eigenvalue weighted by molar-refractivity contribution is 0.801. The highest BCUT2D eigenvalue weighted by Gasteiger charge is 2.52. The number of nitrogens with zero attached hydrogens (tertiary/aromatic N) is 2. The van der Waals surface area contributed by atoms with Crippen LogP contribution in [0.5, 0.6) is 0 Å². The van der Waals surface area contributed by atoms with Gasteiger partial charge in [-0.15, -0.1) is 0 Å². The molecule has 6 aromatic carbocycles. The van der Waals surface area contributed by atoms with Gasteiger partial charge in [0.05, 0.1) is 22.1 Å². The SMILES string of the molecule is c1ccc2c(c1)-c1ccccc1C21c2ccccc2-c2c(-c3ccc4ccc5cccnc5c4n3)cc3ccccc3c21. The second-order valence-corrected chi connectivity index (χ2v) is 11.7. The normalized spacial score (nSPS) is 13.8. The van der Waals surface area contributed by atoms with Crippen molar-refractivity contribution < 1.29 is 0 Å². The molecule has 2 aliphatic carbocycles. The summed E-state index contributed by atoms with van der Waals surface area (Å²) in [6, 6.07) is 51.0. The first-order chi connectivity index (χ1) is 21.3. The van der Waals surface area contributed by atoms with Crippen LogP contribution in [0.4, 0.5) is 0 Å². The largest absolute Gasteiger partial charge is 0.254 e. The van der Waals surface area contributed by atoms with E-state index >= 15 is 0 Å². The third-order valence-corrected chi connectivity index (χ3v) is 9.69. The van der Waals surface area contributed by atoms with E-state index < -0.39 is 5.41 Å². The molecule has 1 spiro atoms. The Labute approximate surface area is 248 Å².